The molecule has 1 aliphatic carbocycles. The molecule has 0 aromatic carbocycles. The molecule has 2 aromatic rings. The molecule has 0 unspecified atom stereocenters. The molecule has 3 rings (SSSR count). The van der Waals surface area contributed by atoms with E-state index >= 15 is 0 Å². The highest BCUT2D eigenvalue weighted by atomic mass is 32.1. The van der Waals surface area contributed by atoms with Gasteiger partial charge in [-0.1, -0.05) is 17.4 Å². The van der Waals surface area contributed by atoms with E-state index in [9.17, 15) is 13.2 Å². The molecule has 0 atom stereocenters. The fraction of sp³-hybridized carbons (Fsp3) is 0.417. The summed E-state index contributed by atoms with van der Waals surface area (Å²) in [5, 5.41) is 2.45. The first-order chi connectivity index (χ1) is 9.04. The highest BCUT2D eigenvalue weighted by Crippen LogP contribution is 2.40. The number of anilines is 1. The lowest BCUT2D eigenvalue weighted by atomic mass is 10.4. The van der Waals surface area contributed by atoms with E-state index in [4.69, 9.17) is 0 Å². The fourth-order valence-corrected chi connectivity index (χ4v) is 3.40. The Hall–Kier alpha value is -1.08. The second-order valence-corrected chi connectivity index (χ2v) is 6.48. The molecule has 7 heteroatoms. The molecule has 0 radical (unpaired) electrons. The largest absolute Gasteiger partial charge is 0.427 e. The predicted molar refractivity (Wildman–Crippen MR) is 70.6 cm³/mol. The van der Waals surface area contributed by atoms with E-state index in [1.807, 2.05) is 22.4 Å². The summed E-state index contributed by atoms with van der Waals surface area (Å²) in [4.78, 5) is 6.47. The van der Waals surface area contributed by atoms with Crippen LogP contribution in [-0.2, 0) is 12.7 Å². The Morgan fingerprint density at radius 2 is 2.16 bits per heavy atom. The minimum absolute atomic E-state index is 0.342. The number of rotatable bonds is 4. The Labute approximate surface area is 116 Å². The fourth-order valence-electron chi connectivity index (χ4n) is 1.84. The molecule has 0 amide bonds. The molecular weight excluding hydrogens is 293 g/mol. The molecule has 1 fully saturated rings. The average molecular weight is 304 g/mol. The lowest BCUT2D eigenvalue weighted by molar-refractivity contribution is -0.134. The molecule has 0 N–H and O–H groups in total. The van der Waals surface area contributed by atoms with E-state index in [1.165, 1.54) is 0 Å². The summed E-state index contributed by atoms with van der Waals surface area (Å²) in [7, 11) is 0. The van der Waals surface area contributed by atoms with Crippen molar-refractivity contribution in [2.75, 3.05) is 4.90 Å². The van der Waals surface area contributed by atoms with Crippen LogP contribution in [0.2, 0.25) is 0 Å². The van der Waals surface area contributed by atoms with Crippen molar-refractivity contribution in [2.45, 2.75) is 31.6 Å². The van der Waals surface area contributed by atoms with Crippen LogP contribution in [0.15, 0.2) is 23.7 Å². The zero-order chi connectivity index (χ0) is 13.5. The van der Waals surface area contributed by atoms with Gasteiger partial charge in [0, 0.05) is 10.9 Å². The maximum Gasteiger partial charge on any atom is 0.427 e. The van der Waals surface area contributed by atoms with Crippen molar-refractivity contribution < 1.29 is 13.2 Å². The van der Waals surface area contributed by atoms with Crippen LogP contribution in [0, 0.1) is 0 Å². The van der Waals surface area contributed by atoms with E-state index in [-0.39, 0.29) is 0 Å². The molecule has 0 spiro atoms. The van der Waals surface area contributed by atoms with E-state index in [2.05, 4.69) is 4.98 Å². The third-order valence-corrected chi connectivity index (χ3v) is 4.85. The van der Waals surface area contributed by atoms with Crippen LogP contribution in [0.5, 0.6) is 0 Å². The quantitative estimate of drug-likeness (QED) is 0.832. The lowest BCUT2D eigenvalue weighted by Crippen LogP contribution is -2.24. The summed E-state index contributed by atoms with van der Waals surface area (Å²) in [6.07, 6.45) is -1.30. The number of aromatic nitrogens is 1. The van der Waals surface area contributed by atoms with Crippen LogP contribution in [-0.4, -0.2) is 11.0 Å². The van der Waals surface area contributed by atoms with Gasteiger partial charge in [-0.25, -0.2) is 4.98 Å². The summed E-state index contributed by atoms with van der Waals surface area (Å²) in [5.74, 6) is 0. The highest BCUT2D eigenvalue weighted by molar-refractivity contribution is 7.15. The molecule has 1 aliphatic rings. The van der Waals surface area contributed by atoms with E-state index in [0.29, 0.717) is 17.7 Å². The Balaban J connectivity index is 1.82. The molecule has 19 heavy (non-hydrogen) atoms. The maximum atomic E-state index is 12.6. The SMILES string of the molecule is FC(F)(F)c1cnc(N(Cc2cccs2)C2CC2)s1. The summed E-state index contributed by atoms with van der Waals surface area (Å²) in [6.45, 7) is 0.646. The van der Waals surface area contributed by atoms with Gasteiger partial charge in [0.05, 0.1) is 12.7 Å². The molecule has 0 aliphatic heterocycles. The smallest absolute Gasteiger partial charge is 0.340 e. The van der Waals surface area contributed by atoms with Crippen LogP contribution in [0.3, 0.4) is 0 Å². The maximum absolute atomic E-state index is 12.6. The van der Waals surface area contributed by atoms with Crippen LogP contribution < -0.4 is 4.90 Å². The summed E-state index contributed by atoms with van der Waals surface area (Å²) < 4.78 is 37.8. The van der Waals surface area contributed by atoms with Gasteiger partial charge in [-0.15, -0.1) is 11.3 Å². The van der Waals surface area contributed by atoms with Gasteiger partial charge < -0.3 is 4.90 Å². The second kappa shape index (κ2) is 4.79. The predicted octanol–water partition coefficient (Wildman–Crippen LogP) is 4.39. The number of hydrogen-bond acceptors (Lipinski definition) is 4. The number of nitrogens with zero attached hydrogens (tertiary/aromatic N) is 2. The van der Waals surface area contributed by atoms with Gasteiger partial charge in [-0.2, -0.15) is 13.2 Å². The van der Waals surface area contributed by atoms with Gasteiger partial charge >= 0.3 is 6.18 Å². The topological polar surface area (TPSA) is 16.1 Å². The lowest BCUT2D eigenvalue weighted by Gasteiger charge is -2.20. The third kappa shape index (κ3) is 2.92. The number of hydrogen-bond donors (Lipinski definition) is 0. The molecule has 2 nitrogen and oxygen atoms in total. The summed E-state index contributed by atoms with van der Waals surface area (Å²) in [5.41, 5.74) is 0. The second-order valence-electron chi connectivity index (χ2n) is 4.44. The van der Waals surface area contributed by atoms with Crippen molar-refractivity contribution in [2.24, 2.45) is 0 Å². The Morgan fingerprint density at radius 1 is 1.37 bits per heavy atom. The molecule has 2 heterocycles. The van der Waals surface area contributed by atoms with Gasteiger partial charge in [0.25, 0.3) is 0 Å². The van der Waals surface area contributed by atoms with Crippen molar-refractivity contribution >= 4 is 27.8 Å². The Morgan fingerprint density at radius 3 is 2.68 bits per heavy atom. The van der Waals surface area contributed by atoms with Crippen LogP contribution in [0.1, 0.15) is 22.6 Å². The van der Waals surface area contributed by atoms with E-state index < -0.39 is 11.1 Å². The summed E-state index contributed by atoms with van der Waals surface area (Å²) >= 11 is 2.35. The number of thiazole rings is 1. The first kappa shape index (κ1) is 12.9. The molecule has 2 aromatic heterocycles. The zero-order valence-corrected chi connectivity index (χ0v) is 11.5. The number of alkyl halides is 3. The van der Waals surface area contributed by atoms with Crippen molar-refractivity contribution in [1.29, 1.82) is 0 Å². The van der Waals surface area contributed by atoms with Gasteiger partial charge in [-0.3, -0.25) is 0 Å². The van der Waals surface area contributed by atoms with Gasteiger partial charge in [0.15, 0.2) is 5.13 Å². The summed E-state index contributed by atoms with van der Waals surface area (Å²) in [6, 6.07) is 4.29. The third-order valence-electron chi connectivity index (χ3n) is 2.91. The Bertz CT molecular complexity index is 544. The van der Waals surface area contributed by atoms with E-state index in [1.54, 1.807) is 11.3 Å². The first-order valence-corrected chi connectivity index (χ1v) is 7.56. The Kier molecular flexibility index (Phi) is 3.26. The molecule has 0 bridgehead atoms. The van der Waals surface area contributed by atoms with Crippen LogP contribution in [0.25, 0.3) is 0 Å². The number of halogens is 3. The normalized spacial score (nSPS) is 15.7. The van der Waals surface area contributed by atoms with E-state index in [0.717, 1.165) is 35.3 Å². The molecule has 0 saturated heterocycles. The number of thiophene rings is 1. The van der Waals surface area contributed by atoms with Gasteiger partial charge in [-0.05, 0) is 24.3 Å². The highest BCUT2D eigenvalue weighted by Gasteiger charge is 2.36. The van der Waals surface area contributed by atoms with Gasteiger partial charge in [0.1, 0.15) is 4.88 Å². The van der Waals surface area contributed by atoms with Crippen molar-refractivity contribution in [3.05, 3.63) is 33.5 Å². The van der Waals surface area contributed by atoms with Crippen molar-refractivity contribution in [3.8, 4) is 0 Å². The first-order valence-electron chi connectivity index (χ1n) is 5.86. The molecular formula is C12H11F3N2S2. The monoisotopic (exact) mass is 304 g/mol. The zero-order valence-electron chi connectivity index (χ0n) is 9.85. The van der Waals surface area contributed by atoms with Crippen molar-refractivity contribution in [3.63, 3.8) is 0 Å². The molecule has 102 valence electrons. The standard InChI is InChI=1S/C12H11F3N2S2/c13-12(14,15)10-6-16-11(19-10)17(8-3-4-8)7-9-2-1-5-18-9/h1-2,5-6,8H,3-4,7H2. The minimum Gasteiger partial charge on any atom is -0.340 e. The van der Waals surface area contributed by atoms with Crippen molar-refractivity contribution in [1.82, 2.24) is 4.98 Å². The van der Waals surface area contributed by atoms with Crippen LogP contribution >= 0.6 is 22.7 Å². The minimum atomic E-state index is -4.30. The average Bonchev–Trinajstić information content (AvgIpc) is 2.87. The molecule has 1 saturated carbocycles. The van der Waals surface area contributed by atoms with Crippen LogP contribution in [0.4, 0.5) is 18.3 Å². The van der Waals surface area contributed by atoms with Gasteiger partial charge in [0.2, 0.25) is 0 Å².